The molecule has 2 heterocycles. The van der Waals surface area contributed by atoms with Gasteiger partial charge in [-0.25, -0.2) is 4.79 Å². The Hall–Kier alpha value is -1.30. The van der Waals surface area contributed by atoms with Gasteiger partial charge in [-0.15, -0.1) is 0 Å². The van der Waals surface area contributed by atoms with Gasteiger partial charge in [-0.1, -0.05) is 0 Å². The van der Waals surface area contributed by atoms with E-state index in [-0.39, 0.29) is 24.4 Å². The van der Waals surface area contributed by atoms with Crippen LogP contribution in [0.15, 0.2) is 0 Å². The number of nitrogens with one attached hydrogen (secondary N) is 2. The predicted molar refractivity (Wildman–Crippen MR) is 61.7 cm³/mol. The number of carboxylic acid groups (broad SMARTS) is 1. The van der Waals surface area contributed by atoms with Gasteiger partial charge in [0.15, 0.2) is 0 Å². The highest BCUT2D eigenvalue weighted by molar-refractivity contribution is 5.76. The van der Waals surface area contributed by atoms with Gasteiger partial charge in [0.25, 0.3) is 0 Å². The molecule has 3 N–H and O–H groups in total. The van der Waals surface area contributed by atoms with Crippen LogP contribution in [0.2, 0.25) is 0 Å². The number of nitrogens with zero attached hydrogens (tertiary/aromatic N) is 1. The van der Waals surface area contributed by atoms with E-state index in [0.29, 0.717) is 13.1 Å². The molecule has 96 valence electrons. The number of piperidine rings is 1. The maximum absolute atomic E-state index is 11.8. The average molecular weight is 241 g/mol. The highest BCUT2D eigenvalue weighted by Crippen LogP contribution is 2.19. The second-order valence-electron chi connectivity index (χ2n) is 4.84. The van der Waals surface area contributed by atoms with Gasteiger partial charge in [-0.05, 0) is 25.9 Å². The summed E-state index contributed by atoms with van der Waals surface area (Å²) in [5.74, 6) is -0.653. The number of hydrogen-bond acceptors (Lipinski definition) is 3. The molecule has 2 saturated heterocycles. The number of carboxylic acids is 1. The SMILES string of the molecule is O=C(O)CC1CN(C(=O)NC2CCNCC2)C1. The molecule has 6 nitrogen and oxygen atoms in total. The summed E-state index contributed by atoms with van der Waals surface area (Å²) >= 11 is 0. The fourth-order valence-electron chi connectivity index (χ4n) is 2.34. The molecule has 2 rings (SSSR count). The quantitative estimate of drug-likeness (QED) is 0.642. The van der Waals surface area contributed by atoms with Gasteiger partial charge in [0.1, 0.15) is 0 Å². The Morgan fingerprint density at radius 3 is 2.53 bits per heavy atom. The van der Waals surface area contributed by atoms with Gasteiger partial charge in [0, 0.05) is 25.0 Å². The van der Waals surface area contributed by atoms with Gasteiger partial charge < -0.3 is 20.6 Å². The van der Waals surface area contributed by atoms with E-state index in [4.69, 9.17) is 5.11 Å². The zero-order valence-electron chi connectivity index (χ0n) is 9.82. The van der Waals surface area contributed by atoms with E-state index in [2.05, 4.69) is 10.6 Å². The smallest absolute Gasteiger partial charge is 0.317 e. The number of carbonyl (C=O) groups excluding carboxylic acids is 1. The Labute approximate surface area is 100 Å². The Morgan fingerprint density at radius 2 is 1.94 bits per heavy atom. The van der Waals surface area contributed by atoms with Crippen molar-refractivity contribution in [3.8, 4) is 0 Å². The monoisotopic (exact) mass is 241 g/mol. The van der Waals surface area contributed by atoms with Gasteiger partial charge in [-0.2, -0.15) is 0 Å². The molecule has 0 spiro atoms. The molecule has 0 atom stereocenters. The molecular formula is C11H19N3O3. The molecule has 0 aliphatic carbocycles. The molecule has 0 radical (unpaired) electrons. The first-order valence-electron chi connectivity index (χ1n) is 6.13. The standard InChI is InChI=1S/C11H19N3O3/c15-10(16)5-8-6-14(7-8)11(17)13-9-1-3-12-4-2-9/h8-9,12H,1-7H2,(H,13,17)(H,15,16). The zero-order valence-corrected chi connectivity index (χ0v) is 9.82. The van der Waals surface area contributed by atoms with Crippen molar-refractivity contribution in [2.45, 2.75) is 25.3 Å². The largest absolute Gasteiger partial charge is 0.481 e. The number of aliphatic carboxylic acids is 1. The number of rotatable bonds is 3. The summed E-state index contributed by atoms with van der Waals surface area (Å²) in [6, 6.07) is 0.223. The average Bonchev–Trinajstić information content (AvgIpc) is 2.23. The summed E-state index contributed by atoms with van der Waals surface area (Å²) in [5, 5.41) is 14.8. The molecule has 2 aliphatic heterocycles. The minimum absolute atomic E-state index is 0.0430. The summed E-state index contributed by atoms with van der Waals surface area (Å²) in [5.41, 5.74) is 0. The van der Waals surface area contributed by atoms with E-state index in [1.165, 1.54) is 0 Å². The molecule has 0 aromatic heterocycles. The minimum Gasteiger partial charge on any atom is -0.481 e. The molecule has 6 heteroatoms. The van der Waals surface area contributed by atoms with Crippen molar-refractivity contribution >= 4 is 12.0 Å². The Bertz CT molecular complexity index is 296. The summed E-state index contributed by atoms with van der Waals surface area (Å²) in [7, 11) is 0. The molecule has 0 aromatic carbocycles. The maximum Gasteiger partial charge on any atom is 0.317 e. The number of urea groups is 1. The van der Waals surface area contributed by atoms with Crippen LogP contribution in [0.5, 0.6) is 0 Å². The lowest BCUT2D eigenvalue weighted by molar-refractivity contribution is -0.139. The molecule has 2 amide bonds. The molecule has 17 heavy (non-hydrogen) atoms. The number of hydrogen-bond donors (Lipinski definition) is 3. The first-order chi connectivity index (χ1) is 8.15. The second kappa shape index (κ2) is 5.35. The second-order valence-corrected chi connectivity index (χ2v) is 4.84. The lowest BCUT2D eigenvalue weighted by atomic mass is 9.97. The van der Waals surface area contributed by atoms with E-state index in [9.17, 15) is 9.59 Å². The molecular weight excluding hydrogens is 222 g/mol. The van der Waals surface area contributed by atoms with Crippen LogP contribution >= 0.6 is 0 Å². The topological polar surface area (TPSA) is 81.7 Å². The summed E-state index contributed by atoms with van der Waals surface area (Å²) in [6.45, 7) is 3.05. The third-order valence-corrected chi connectivity index (χ3v) is 3.37. The lowest BCUT2D eigenvalue weighted by Crippen LogP contribution is -2.56. The van der Waals surface area contributed by atoms with E-state index in [1.807, 2.05) is 0 Å². The van der Waals surface area contributed by atoms with Crippen LogP contribution in [0.4, 0.5) is 4.79 Å². The minimum atomic E-state index is -0.784. The van der Waals surface area contributed by atoms with Gasteiger partial charge in [0.05, 0.1) is 6.42 Å². The summed E-state index contributed by atoms with van der Waals surface area (Å²) in [4.78, 5) is 23.9. The molecule has 0 saturated carbocycles. The van der Waals surface area contributed by atoms with Crippen LogP contribution < -0.4 is 10.6 Å². The highest BCUT2D eigenvalue weighted by Gasteiger charge is 2.32. The number of amides is 2. The third-order valence-electron chi connectivity index (χ3n) is 3.37. The van der Waals surface area contributed by atoms with Crippen LogP contribution in [0.1, 0.15) is 19.3 Å². The summed E-state index contributed by atoms with van der Waals surface area (Å²) in [6.07, 6.45) is 2.10. The van der Waals surface area contributed by atoms with Gasteiger partial charge in [0.2, 0.25) is 0 Å². The van der Waals surface area contributed by atoms with Crippen LogP contribution in [0, 0.1) is 5.92 Å². The van der Waals surface area contributed by atoms with E-state index < -0.39 is 5.97 Å². The van der Waals surface area contributed by atoms with Crippen LogP contribution in [-0.4, -0.2) is 54.2 Å². The molecule has 0 aromatic rings. The van der Waals surface area contributed by atoms with Crippen molar-refractivity contribution in [1.29, 1.82) is 0 Å². The van der Waals surface area contributed by atoms with E-state index in [0.717, 1.165) is 25.9 Å². The van der Waals surface area contributed by atoms with Gasteiger partial charge in [-0.3, -0.25) is 4.79 Å². The Kier molecular flexibility index (Phi) is 3.83. The molecule has 2 aliphatic rings. The van der Waals surface area contributed by atoms with Crippen LogP contribution in [0.25, 0.3) is 0 Å². The zero-order chi connectivity index (χ0) is 12.3. The normalized spacial score (nSPS) is 22.0. The molecule has 2 fully saturated rings. The third kappa shape index (κ3) is 3.33. The fourth-order valence-corrected chi connectivity index (χ4v) is 2.34. The van der Waals surface area contributed by atoms with E-state index in [1.54, 1.807) is 4.90 Å². The van der Waals surface area contributed by atoms with Crippen molar-refractivity contribution in [2.75, 3.05) is 26.2 Å². The maximum atomic E-state index is 11.8. The Balaban J connectivity index is 1.66. The lowest BCUT2D eigenvalue weighted by Gasteiger charge is -2.39. The van der Waals surface area contributed by atoms with Crippen LogP contribution in [0.3, 0.4) is 0 Å². The van der Waals surface area contributed by atoms with Crippen molar-refractivity contribution < 1.29 is 14.7 Å². The van der Waals surface area contributed by atoms with Crippen molar-refractivity contribution in [2.24, 2.45) is 5.92 Å². The predicted octanol–water partition coefficient (Wildman–Crippen LogP) is -0.145. The van der Waals surface area contributed by atoms with Gasteiger partial charge >= 0.3 is 12.0 Å². The highest BCUT2D eigenvalue weighted by atomic mass is 16.4. The van der Waals surface area contributed by atoms with Crippen molar-refractivity contribution in [3.63, 3.8) is 0 Å². The Morgan fingerprint density at radius 1 is 1.29 bits per heavy atom. The fraction of sp³-hybridized carbons (Fsp3) is 0.818. The van der Waals surface area contributed by atoms with Crippen molar-refractivity contribution in [1.82, 2.24) is 15.5 Å². The number of carbonyl (C=O) groups is 2. The first-order valence-corrected chi connectivity index (χ1v) is 6.13. The first kappa shape index (κ1) is 12.2. The van der Waals surface area contributed by atoms with E-state index >= 15 is 0 Å². The van der Waals surface area contributed by atoms with Crippen LogP contribution in [-0.2, 0) is 4.79 Å². The summed E-state index contributed by atoms with van der Waals surface area (Å²) < 4.78 is 0. The number of likely N-dealkylation sites (tertiary alicyclic amines) is 1. The van der Waals surface area contributed by atoms with Crippen molar-refractivity contribution in [3.05, 3.63) is 0 Å². The molecule has 0 bridgehead atoms. The molecule has 0 unspecified atom stereocenters.